The van der Waals surface area contributed by atoms with Gasteiger partial charge < -0.3 is 9.84 Å². The first kappa shape index (κ1) is 13.7. The summed E-state index contributed by atoms with van der Waals surface area (Å²) in [5.41, 5.74) is 2.11. The van der Waals surface area contributed by atoms with Gasteiger partial charge in [0.15, 0.2) is 0 Å². The van der Waals surface area contributed by atoms with Crippen molar-refractivity contribution in [3.05, 3.63) is 28.3 Å². The molecular formula is C16H19ClO3. The zero-order valence-electron chi connectivity index (χ0n) is 11.6. The molecule has 1 unspecified atom stereocenters. The van der Waals surface area contributed by atoms with E-state index in [4.69, 9.17) is 21.4 Å². The van der Waals surface area contributed by atoms with Crippen LogP contribution >= 0.6 is 11.6 Å². The Hall–Kier alpha value is -1.22. The lowest BCUT2D eigenvalue weighted by Crippen LogP contribution is -2.09. The fourth-order valence-electron chi connectivity index (χ4n) is 3.01. The highest BCUT2D eigenvalue weighted by molar-refractivity contribution is 6.31. The molecular weight excluding hydrogens is 276 g/mol. The lowest BCUT2D eigenvalue weighted by atomic mass is 9.89. The Labute approximate surface area is 123 Å². The van der Waals surface area contributed by atoms with Crippen LogP contribution in [-0.2, 0) is 4.79 Å². The van der Waals surface area contributed by atoms with Crippen molar-refractivity contribution in [1.82, 2.24) is 0 Å². The Morgan fingerprint density at radius 2 is 2.10 bits per heavy atom. The van der Waals surface area contributed by atoms with Crippen LogP contribution in [0.2, 0.25) is 5.02 Å². The van der Waals surface area contributed by atoms with E-state index in [0.717, 1.165) is 47.6 Å². The Morgan fingerprint density at radius 3 is 2.60 bits per heavy atom. The van der Waals surface area contributed by atoms with Crippen LogP contribution in [0.3, 0.4) is 0 Å². The third kappa shape index (κ3) is 2.78. The van der Waals surface area contributed by atoms with Gasteiger partial charge in [0.1, 0.15) is 5.75 Å². The quantitative estimate of drug-likeness (QED) is 0.855. The highest BCUT2D eigenvalue weighted by Crippen LogP contribution is 2.51. The molecule has 3 rings (SSSR count). The number of hydrogen-bond donors (Lipinski definition) is 1. The van der Waals surface area contributed by atoms with Crippen molar-refractivity contribution >= 4 is 17.6 Å². The molecule has 1 atom stereocenters. The number of methoxy groups -OCH3 is 1. The smallest absolute Gasteiger partial charge is 0.303 e. The van der Waals surface area contributed by atoms with E-state index in [2.05, 4.69) is 0 Å². The number of halogens is 1. The van der Waals surface area contributed by atoms with Crippen molar-refractivity contribution < 1.29 is 14.6 Å². The van der Waals surface area contributed by atoms with Crippen LogP contribution in [0.5, 0.6) is 5.75 Å². The molecule has 0 bridgehead atoms. The van der Waals surface area contributed by atoms with Gasteiger partial charge in [-0.05, 0) is 61.1 Å². The number of carboxylic acid groups (broad SMARTS) is 1. The molecule has 2 aliphatic rings. The average molecular weight is 295 g/mol. The van der Waals surface area contributed by atoms with Crippen molar-refractivity contribution in [3.63, 3.8) is 0 Å². The predicted octanol–water partition coefficient (Wildman–Crippen LogP) is 4.19. The summed E-state index contributed by atoms with van der Waals surface area (Å²) in [7, 11) is 1.66. The summed E-state index contributed by atoms with van der Waals surface area (Å²) in [6.07, 6.45) is 4.73. The number of carboxylic acids is 1. The van der Waals surface area contributed by atoms with Gasteiger partial charge in [-0.15, -0.1) is 0 Å². The number of rotatable bonds is 6. The molecule has 0 saturated heterocycles. The largest absolute Gasteiger partial charge is 0.496 e. The zero-order chi connectivity index (χ0) is 14.3. The van der Waals surface area contributed by atoms with Crippen LogP contribution in [0.25, 0.3) is 0 Å². The minimum Gasteiger partial charge on any atom is -0.496 e. The zero-order valence-corrected chi connectivity index (χ0v) is 12.3. The third-order valence-corrected chi connectivity index (χ3v) is 4.65. The van der Waals surface area contributed by atoms with Gasteiger partial charge in [-0.1, -0.05) is 11.6 Å². The molecule has 2 fully saturated rings. The molecule has 0 spiro atoms. The third-order valence-electron chi connectivity index (χ3n) is 4.33. The summed E-state index contributed by atoms with van der Waals surface area (Å²) < 4.78 is 5.49. The van der Waals surface area contributed by atoms with Gasteiger partial charge in [-0.3, -0.25) is 4.79 Å². The summed E-state index contributed by atoms with van der Waals surface area (Å²) in [5, 5.41) is 9.84. The molecule has 3 nitrogen and oxygen atoms in total. The molecule has 1 aromatic rings. The normalized spacial score (nSPS) is 19.7. The molecule has 1 N–H and O–H groups in total. The van der Waals surface area contributed by atoms with E-state index in [9.17, 15) is 4.79 Å². The first-order chi connectivity index (χ1) is 9.60. The number of benzene rings is 1. The van der Waals surface area contributed by atoms with Gasteiger partial charge in [0.25, 0.3) is 0 Å². The van der Waals surface area contributed by atoms with Crippen molar-refractivity contribution in [1.29, 1.82) is 0 Å². The van der Waals surface area contributed by atoms with E-state index in [1.165, 1.54) is 0 Å². The molecule has 20 heavy (non-hydrogen) atoms. The van der Waals surface area contributed by atoms with Crippen LogP contribution in [0.4, 0.5) is 0 Å². The van der Waals surface area contributed by atoms with Gasteiger partial charge in [0.2, 0.25) is 0 Å². The Morgan fingerprint density at radius 1 is 1.40 bits per heavy atom. The summed E-state index contributed by atoms with van der Waals surface area (Å²) in [4.78, 5) is 11.1. The molecule has 0 aromatic heterocycles. The summed E-state index contributed by atoms with van der Waals surface area (Å²) in [6.45, 7) is 0. The first-order valence-corrected chi connectivity index (χ1v) is 7.57. The Bertz CT molecular complexity index is 533. The van der Waals surface area contributed by atoms with Gasteiger partial charge in [0.05, 0.1) is 13.5 Å². The maximum absolute atomic E-state index is 11.1. The number of hydrogen-bond acceptors (Lipinski definition) is 2. The first-order valence-electron chi connectivity index (χ1n) is 7.19. The van der Waals surface area contributed by atoms with Gasteiger partial charge in [0, 0.05) is 10.6 Å². The van der Waals surface area contributed by atoms with Crippen molar-refractivity contribution in [3.8, 4) is 5.75 Å². The fraction of sp³-hybridized carbons (Fsp3) is 0.562. The van der Waals surface area contributed by atoms with Crippen molar-refractivity contribution in [2.45, 2.75) is 43.9 Å². The molecule has 108 valence electrons. The highest BCUT2D eigenvalue weighted by atomic mass is 35.5. The van der Waals surface area contributed by atoms with Crippen LogP contribution in [0.1, 0.15) is 55.1 Å². The average Bonchev–Trinajstić information content (AvgIpc) is 3.26. The minimum atomic E-state index is -0.747. The van der Waals surface area contributed by atoms with E-state index in [1.807, 2.05) is 12.1 Å². The molecule has 0 heterocycles. The second kappa shape index (κ2) is 5.28. The van der Waals surface area contributed by atoms with Gasteiger partial charge >= 0.3 is 5.97 Å². The number of aliphatic carboxylic acids is 1. The molecule has 0 aliphatic heterocycles. The fourth-order valence-corrected chi connectivity index (χ4v) is 3.38. The molecule has 0 amide bonds. The van der Waals surface area contributed by atoms with Crippen LogP contribution in [-0.4, -0.2) is 18.2 Å². The minimum absolute atomic E-state index is 0.0622. The SMILES string of the molecule is COc1cc(C(CC(=O)O)C2CC2)cc(Cl)c1C1CC1. The van der Waals surface area contributed by atoms with Crippen LogP contribution in [0, 0.1) is 5.92 Å². The molecule has 2 aliphatic carbocycles. The van der Waals surface area contributed by atoms with E-state index in [-0.39, 0.29) is 12.3 Å². The summed E-state index contributed by atoms with van der Waals surface area (Å²) >= 11 is 6.43. The maximum atomic E-state index is 11.1. The highest BCUT2D eigenvalue weighted by Gasteiger charge is 2.36. The maximum Gasteiger partial charge on any atom is 0.303 e. The van der Waals surface area contributed by atoms with E-state index >= 15 is 0 Å². The van der Waals surface area contributed by atoms with Crippen LogP contribution < -0.4 is 4.74 Å². The van der Waals surface area contributed by atoms with E-state index in [0.29, 0.717) is 11.8 Å². The lowest BCUT2D eigenvalue weighted by molar-refractivity contribution is -0.137. The van der Waals surface area contributed by atoms with Gasteiger partial charge in [-0.25, -0.2) is 0 Å². The monoisotopic (exact) mass is 294 g/mol. The number of ether oxygens (including phenoxy) is 1. The van der Waals surface area contributed by atoms with Crippen molar-refractivity contribution in [2.75, 3.05) is 7.11 Å². The van der Waals surface area contributed by atoms with E-state index < -0.39 is 5.97 Å². The second-order valence-electron chi connectivity index (χ2n) is 5.93. The Kier molecular flexibility index (Phi) is 3.63. The molecule has 4 heteroatoms. The van der Waals surface area contributed by atoms with Crippen LogP contribution in [0.15, 0.2) is 12.1 Å². The molecule has 0 radical (unpaired) electrons. The molecule has 2 saturated carbocycles. The van der Waals surface area contributed by atoms with E-state index in [1.54, 1.807) is 7.11 Å². The number of carbonyl (C=O) groups is 1. The topological polar surface area (TPSA) is 46.5 Å². The van der Waals surface area contributed by atoms with Crippen molar-refractivity contribution in [2.24, 2.45) is 5.92 Å². The molecule has 1 aromatic carbocycles. The summed E-state index contributed by atoms with van der Waals surface area (Å²) in [6, 6.07) is 3.97. The van der Waals surface area contributed by atoms with Gasteiger partial charge in [-0.2, -0.15) is 0 Å². The Balaban J connectivity index is 1.95. The predicted molar refractivity (Wildman–Crippen MR) is 77.7 cm³/mol. The second-order valence-corrected chi connectivity index (χ2v) is 6.34. The summed E-state index contributed by atoms with van der Waals surface area (Å²) in [5.74, 6) is 1.14. The standard InChI is InChI=1S/C16H19ClO3/c1-20-14-7-11(6-13(17)16(14)10-4-5-10)12(8-15(18)19)9-2-3-9/h6-7,9-10,12H,2-5,8H2,1H3,(H,18,19). The lowest BCUT2D eigenvalue weighted by Gasteiger charge is -2.18.